The van der Waals surface area contributed by atoms with Crippen LogP contribution in [0.5, 0.6) is 11.5 Å². The highest BCUT2D eigenvalue weighted by Crippen LogP contribution is 2.30. The highest BCUT2D eigenvalue weighted by molar-refractivity contribution is 7.98. The van der Waals surface area contributed by atoms with Gasteiger partial charge in [0.25, 0.3) is 5.91 Å². The number of aromatic nitrogens is 1. The second-order valence-electron chi connectivity index (χ2n) is 7.80. The maximum absolute atomic E-state index is 12.8. The van der Waals surface area contributed by atoms with Crippen LogP contribution in [0.2, 0.25) is 0 Å². The van der Waals surface area contributed by atoms with Crippen molar-refractivity contribution in [3.8, 4) is 33.2 Å². The lowest BCUT2D eigenvalue weighted by Gasteiger charge is -2.08. The van der Waals surface area contributed by atoms with Crippen LogP contribution in [-0.4, -0.2) is 10.9 Å². The van der Waals surface area contributed by atoms with E-state index in [9.17, 15) is 4.79 Å². The van der Waals surface area contributed by atoms with Crippen LogP contribution in [0.4, 0.5) is 0 Å². The average Bonchev–Trinajstić information content (AvgIpc) is 3.31. The van der Waals surface area contributed by atoms with Gasteiger partial charge in [0.2, 0.25) is 0 Å². The number of thiazole rings is 1. The van der Waals surface area contributed by atoms with Crippen LogP contribution in [0.3, 0.4) is 0 Å². The van der Waals surface area contributed by atoms with Gasteiger partial charge >= 0.3 is 0 Å². The average molecular weight is 495 g/mol. The Labute approximate surface area is 212 Å². The highest BCUT2D eigenvalue weighted by atomic mass is 32.2. The molecule has 35 heavy (non-hydrogen) atoms. The van der Waals surface area contributed by atoms with Crippen LogP contribution in [0.25, 0.3) is 21.7 Å². The van der Waals surface area contributed by atoms with Crippen molar-refractivity contribution in [2.75, 3.05) is 0 Å². The molecule has 4 aromatic carbocycles. The third-order valence-electron chi connectivity index (χ3n) is 5.31. The lowest BCUT2D eigenvalue weighted by molar-refractivity contribution is 0.0987. The topological polar surface area (TPSA) is 51.2 Å². The predicted octanol–water partition coefficient (Wildman–Crippen LogP) is 8.01. The van der Waals surface area contributed by atoms with Gasteiger partial charge in [-0.15, -0.1) is 11.3 Å². The Morgan fingerprint density at radius 1 is 0.743 bits per heavy atom. The SMILES string of the molecule is Cc1nc(-c2ccccc2)sc1C(=O)NSc1ccc(-c2ccc(Oc3ccccc3)cc2)cc1. The van der Waals surface area contributed by atoms with E-state index in [1.807, 2.05) is 116 Å². The molecule has 0 aliphatic rings. The summed E-state index contributed by atoms with van der Waals surface area (Å²) >= 11 is 2.71. The maximum atomic E-state index is 12.8. The lowest BCUT2D eigenvalue weighted by atomic mass is 10.1. The standard InChI is InChI=1S/C29H22N2O2S2/c1-20-27(34-29(30-20)23-8-4-2-5-9-23)28(32)31-35-26-18-14-22(15-19-26)21-12-16-25(17-13-21)33-24-10-6-3-7-11-24/h2-19H,1H3,(H,31,32). The van der Waals surface area contributed by atoms with Gasteiger partial charge in [-0.25, -0.2) is 4.98 Å². The molecule has 0 radical (unpaired) electrons. The molecule has 172 valence electrons. The summed E-state index contributed by atoms with van der Waals surface area (Å²) in [5.74, 6) is 1.47. The molecular formula is C29H22N2O2S2. The molecule has 0 unspecified atom stereocenters. The first-order chi connectivity index (χ1) is 17.2. The quantitative estimate of drug-likeness (QED) is 0.233. The monoisotopic (exact) mass is 494 g/mol. The molecule has 0 bridgehead atoms. The van der Waals surface area contributed by atoms with Crippen molar-refractivity contribution < 1.29 is 9.53 Å². The summed E-state index contributed by atoms with van der Waals surface area (Å²) in [4.78, 5) is 18.9. The van der Waals surface area contributed by atoms with Gasteiger partial charge in [-0.3, -0.25) is 9.52 Å². The largest absolute Gasteiger partial charge is 0.457 e. The molecule has 0 spiro atoms. The van der Waals surface area contributed by atoms with Gasteiger partial charge in [0.15, 0.2) is 0 Å². The van der Waals surface area contributed by atoms with Crippen molar-refractivity contribution in [3.63, 3.8) is 0 Å². The van der Waals surface area contributed by atoms with E-state index < -0.39 is 0 Å². The highest BCUT2D eigenvalue weighted by Gasteiger charge is 2.16. The first-order valence-corrected chi connectivity index (χ1v) is 12.7. The summed E-state index contributed by atoms with van der Waals surface area (Å²) < 4.78 is 8.81. The molecule has 1 N–H and O–H groups in total. The van der Waals surface area contributed by atoms with E-state index in [2.05, 4.69) is 9.71 Å². The lowest BCUT2D eigenvalue weighted by Crippen LogP contribution is -2.15. The van der Waals surface area contributed by atoms with Crippen molar-refractivity contribution in [1.29, 1.82) is 0 Å². The maximum Gasteiger partial charge on any atom is 0.273 e. The summed E-state index contributed by atoms with van der Waals surface area (Å²) in [5.41, 5.74) is 3.95. The van der Waals surface area contributed by atoms with Crippen molar-refractivity contribution in [2.45, 2.75) is 11.8 Å². The number of nitrogens with zero attached hydrogens (tertiary/aromatic N) is 1. The molecule has 0 saturated heterocycles. The molecule has 1 aromatic heterocycles. The van der Waals surface area contributed by atoms with E-state index in [1.165, 1.54) is 23.3 Å². The smallest absolute Gasteiger partial charge is 0.273 e. The minimum absolute atomic E-state index is 0.134. The third kappa shape index (κ3) is 5.62. The van der Waals surface area contributed by atoms with Crippen molar-refractivity contribution >= 4 is 29.2 Å². The van der Waals surface area contributed by atoms with Crippen molar-refractivity contribution in [1.82, 2.24) is 9.71 Å². The number of rotatable bonds is 7. The fourth-order valence-corrected chi connectivity index (χ4v) is 5.13. The number of amides is 1. The first kappa shape index (κ1) is 22.9. The Morgan fingerprint density at radius 3 is 1.97 bits per heavy atom. The Morgan fingerprint density at radius 2 is 1.31 bits per heavy atom. The number of ether oxygens (including phenoxy) is 1. The van der Waals surface area contributed by atoms with Crippen molar-refractivity contribution in [3.05, 3.63) is 120 Å². The number of nitrogens with one attached hydrogen (secondary N) is 1. The van der Waals surface area contributed by atoms with Gasteiger partial charge in [0.1, 0.15) is 21.4 Å². The Bertz CT molecular complexity index is 1420. The number of para-hydroxylation sites is 1. The molecule has 6 heteroatoms. The van der Waals surface area contributed by atoms with E-state index in [0.29, 0.717) is 4.88 Å². The van der Waals surface area contributed by atoms with Gasteiger partial charge in [-0.2, -0.15) is 0 Å². The van der Waals surface area contributed by atoms with Crippen LogP contribution in [0.15, 0.2) is 114 Å². The predicted molar refractivity (Wildman–Crippen MR) is 144 cm³/mol. The molecule has 1 amide bonds. The molecule has 0 aliphatic carbocycles. The van der Waals surface area contributed by atoms with E-state index in [-0.39, 0.29) is 5.91 Å². The summed E-state index contributed by atoms with van der Waals surface area (Å²) in [6, 6.07) is 35.8. The fraction of sp³-hybridized carbons (Fsp3) is 0.0345. The minimum atomic E-state index is -0.134. The molecular weight excluding hydrogens is 472 g/mol. The molecule has 5 rings (SSSR count). The van der Waals surface area contributed by atoms with Crippen LogP contribution in [0.1, 0.15) is 15.4 Å². The number of aryl methyl sites for hydroxylation is 1. The third-order valence-corrected chi connectivity index (χ3v) is 7.31. The summed E-state index contributed by atoms with van der Waals surface area (Å²) in [5, 5.41) is 0.850. The molecule has 1 heterocycles. The van der Waals surface area contributed by atoms with Crippen LogP contribution >= 0.6 is 23.3 Å². The Balaban J connectivity index is 1.20. The molecule has 0 aliphatic heterocycles. The molecule has 0 fully saturated rings. The zero-order valence-corrected chi connectivity index (χ0v) is 20.6. The van der Waals surface area contributed by atoms with E-state index in [1.54, 1.807) is 0 Å². The number of hydrogen-bond acceptors (Lipinski definition) is 5. The van der Waals surface area contributed by atoms with E-state index in [4.69, 9.17) is 4.74 Å². The molecule has 0 atom stereocenters. The Kier molecular flexibility index (Phi) is 6.93. The number of carbonyl (C=O) groups excluding carboxylic acids is 1. The number of hydrogen-bond donors (Lipinski definition) is 1. The molecule has 0 saturated carbocycles. The minimum Gasteiger partial charge on any atom is -0.457 e. The van der Waals surface area contributed by atoms with Gasteiger partial charge in [-0.05, 0) is 66.4 Å². The summed E-state index contributed by atoms with van der Waals surface area (Å²) in [7, 11) is 0. The van der Waals surface area contributed by atoms with Crippen LogP contribution in [0, 0.1) is 6.92 Å². The van der Waals surface area contributed by atoms with Gasteiger partial charge in [0, 0.05) is 10.5 Å². The summed E-state index contributed by atoms with van der Waals surface area (Å²) in [6.07, 6.45) is 0. The van der Waals surface area contributed by atoms with Gasteiger partial charge in [0.05, 0.1) is 5.69 Å². The van der Waals surface area contributed by atoms with Crippen LogP contribution in [-0.2, 0) is 0 Å². The van der Waals surface area contributed by atoms with Gasteiger partial charge in [-0.1, -0.05) is 72.8 Å². The fourth-order valence-electron chi connectivity index (χ4n) is 3.52. The Hall–Kier alpha value is -3.87. The van der Waals surface area contributed by atoms with E-state index >= 15 is 0 Å². The summed E-state index contributed by atoms with van der Waals surface area (Å²) in [6.45, 7) is 1.87. The van der Waals surface area contributed by atoms with E-state index in [0.717, 1.165) is 43.8 Å². The van der Waals surface area contributed by atoms with Crippen LogP contribution < -0.4 is 9.46 Å². The second-order valence-corrected chi connectivity index (χ2v) is 9.68. The normalized spacial score (nSPS) is 10.7. The number of carbonyl (C=O) groups is 1. The first-order valence-electron chi connectivity index (χ1n) is 11.1. The molecule has 4 nitrogen and oxygen atoms in total. The zero-order chi connectivity index (χ0) is 24.0. The van der Waals surface area contributed by atoms with Crippen molar-refractivity contribution in [2.24, 2.45) is 0 Å². The zero-order valence-electron chi connectivity index (χ0n) is 19.0. The number of benzene rings is 4. The molecule has 5 aromatic rings. The van der Waals surface area contributed by atoms with Gasteiger partial charge < -0.3 is 4.74 Å². The second kappa shape index (κ2) is 10.6.